The Kier molecular flexibility index (Phi) is 2.85. The number of cyclic esters (lactones) is 2. The summed E-state index contributed by atoms with van der Waals surface area (Å²) in [4.78, 5) is 25.4. The maximum Gasteiger partial charge on any atom is 0.318 e. The summed E-state index contributed by atoms with van der Waals surface area (Å²) in [6.45, 7) is 1.98. The highest BCUT2D eigenvalue weighted by Gasteiger charge is 2.69. The molecule has 126 valence electrons. The summed E-state index contributed by atoms with van der Waals surface area (Å²) < 4.78 is 10.9. The fourth-order valence-electron chi connectivity index (χ4n) is 5.51. The minimum atomic E-state index is -0.704. The van der Waals surface area contributed by atoms with Crippen molar-refractivity contribution in [2.75, 3.05) is 7.11 Å². The zero-order valence-electron chi connectivity index (χ0n) is 14.1. The standard InChI is InChI=1S/C21H18O4/c1-11(24-2)21-14-9-5-3-7-12(14)16(13-8-4-6-10-15(13)21)17-18(21)20(23)25-19(17)22/h3-11,16-18H,1-2H3/t11?,16?,17-,18+,21?/m0/s1. The molecule has 0 N–H and O–H groups in total. The molecule has 3 aliphatic carbocycles. The molecule has 1 saturated heterocycles. The van der Waals surface area contributed by atoms with Gasteiger partial charge in [0.1, 0.15) is 0 Å². The van der Waals surface area contributed by atoms with Gasteiger partial charge in [0, 0.05) is 13.0 Å². The van der Waals surface area contributed by atoms with E-state index >= 15 is 0 Å². The molecule has 4 heteroatoms. The van der Waals surface area contributed by atoms with Crippen LogP contribution < -0.4 is 0 Å². The molecule has 4 aliphatic rings. The lowest BCUT2D eigenvalue weighted by atomic mass is 9.46. The molecule has 0 aromatic heterocycles. The highest BCUT2D eigenvalue weighted by Crippen LogP contribution is 2.65. The average molecular weight is 334 g/mol. The van der Waals surface area contributed by atoms with Gasteiger partial charge in [-0.3, -0.25) is 9.59 Å². The monoisotopic (exact) mass is 334 g/mol. The predicted molar refractivity (Wildman–Crippen MR) is 90.1 cm³/mol. The first-order chi connectivity index (χ1) is 12.1. The Bertz CT molecular complexity index is 868. The van der Waals surface area contributed by atoms with Crippen molar-refractivity contribution in [3.05, 3.63) is 70.8 Å². The van der Waals surface area contributed by atoms with Crippen molar-refractivity contribution in [3.63, 3.8) is 0 Å². The van der Waals surface area contributed by atoms with Crippen LogP contribution in [0.2, 0.25) is 0 Å². The highest BCUT2D eigenvalue weighted by atomic mass is 16.6. The Morgan fingerprint density at radius 3 is 2.08 bits per heavy atom. The minimum absolute atomic E-state index is 0.137. The Hall–Kier alpha value is -2.46. The van der Waals surface area contributed by atoms with Gasteiger partial charge in [0.05, 0.1) is 23.4 Å². The third-order valence-electron chi connectivity index (χ3n) is 6.41. The van der Waals surface area contributed by atoms with Crippen LogP contribution >= 0.6 is 0 Å². The summed E-state index contributed by atoms with van der Waals surface area (Å²) in [6, 6.07) is 16.2. The van der Waals surface area contributed by atoms with E-state index in [9.17, 15) is 9.59 Å². The Morgan fingerprint density at radius 2 is 1.52 bits per heavy atom. The number of benzene rings is 2. The highest BCUT2D eigenvalue weighted by molar-refractivity contribution is 6.00. The van der Waals surface area contributed by atoms with Crippen LogP contribution in [0.4, 0.5) is 0 Å². The van der Waals surface area contributed by atoms with Gasteiger partial charge in [-0.05, 0) is 29.2 Å². The number of methoxy groups -OCH3 is 1. The van der Waals surface area contributed by atoms with E-state index in [2.05, 4.69) is 24.3 Å². The second-order valence-electron chi connectivity index (χ2n) is 7.14. The van der Waals surface area contributed by atoms with Gasteiger partial charge >= 0.3 is 11.9 Å². The van der Waals surface area contributed by atoms with Crippen LogP contribution in [0, 0.1) is 11.8 Å². The number of carbonyl (C=O) groups is 2. The van der Waals surface area contributed by atoms with Gasteiger partial charge in [-0.2, -0.15) is 0 Å². The number of esters is 2. The number of ether oxygens (including phenoxy) is 2. The fraction of sp³-hybridized carbons (Fsp3) is 0.333. The molecule has 2 aromatic carbocycles. The Labute approximate surface area is 145 Å². The quantitative estimate of drug-likeness (QED) is 0.626. The molecule has 0 amide bonds. The molecular weight excluding hydrogens is 316 g/mol. The third-order valence-corrected chi connectivity index (χ3v) is 6.41. The lowest BCUT2D eigenvalue weighted by Gasteiger charge is -2.55. The van der Waals surface area contributed by atoms with Crippen molar-refractivity contribution in [1.29, 1.82) is 0 Å². The van der Waals surface area contributed by atoms with Gasteiger partial charge in [0.25, 0.3) is 0 Å². The molecule has 25 heavy (non-hydrogen) atoms. The van der Waals surface area contributed by atoms with Gasteiger partial charge in [-0.25, -0.2) is 0 Å². The van der Waals surface area contributed by atoms with Crippen LogP contribution in [0.1, 0.15) is 35.1 Å². The van der Waals surface area contributed by atoms with Gasteiger partial charge in [0.15, 0.2) is 0 Å². The third kappa shape index (κ3) is 1.52. The van der Waals surface area contributed by atoms with Crippen molar-refractivity contribution in [3.8, 4) is 0 Å². The normalized spacial score (nSPS) is 32.6. The molecule has 1 heterocycles. The van der Waals surface area contributed by atoms with E-state index in [-0.39, 0.29) is 12.0 Å². The van der Waals surface area contributed by atoms with Crippen molar-refractivity contribution < 1.29 is 19.1 Å². The summed E-state index contributed by atoms with van der Waals surface area (Å²) in [5, 5.41) is 0. The maximum atomic E-state index is 12.8. The second kappa shape index (κ2) is 4.79. The second-order valence-corrected chi connectivity index (χ2v) is 7.14. The number of hydrogen-bond acceptors (Lipinski definition) is 4. The first kappa shape index (κ1) is 14.8. The zero-order chi connectivity index (χ0) is 17.3. The SMILES string of the molecule is COC(C)C12c3ccccc3C(c3ccccc31)[C@@H]1C(=O)OC(=O)[C@@H]12. The Balaban J connectivity index is 1.96. The van der Waals surface area contributed by atoms with Gasteiger partial charge in [-0.1, -0.05) is 48.5 Å². The number of hydrogen-bond donors (Lipinski definition) is 0. The van der Waals surface area contributed by atoms with Crippen LogP contribution in [-0.4, -0.2) is 25.2 Å². The molecule has 6 rings (SSSR count). The molecule has 2 aromatic rings. The topological polar surface area (TPSA) is 52.6 Å². The lowest BCUT2D eigenvalue weighted by molar-refractivity contribution is -0.154. The molecule has 1 fully saturated rings. The summed E-state index contributed by atoms with van der Waals surface area (Å²) in [5.74, 6) is -1.98. The van der Waals surface area contributed by atoms with Crippen molar-refractivity contribution in [2.24, 2.45) is 11.8 Å². The van der Waals surface area contributed by atoms with E-state index in [1.165, 1.54) is 0 Å². The van der Waals surface area contributed by atoms with Crippen LogP contribution in [0.25, 0.3) is 0 Å². The molecule has 0 saturated carbocycles. The van der Waals surface area contributed by atoms with Gasteiger partial charge in [0.2, 0.25) is 0 Å². The van der Waals surface area contributed by atoms with Gasteiger partial charge in [-0.15, -0.1) is 0 Å². The van der Waals surface area contributed by atoms with E-state index in [4.69, 9.17) is 9.47 Å². The molecular formula is C21H18O4. The molecule has 0 spiro atoms. The van der Waals surface area contributed by atoms with Crippen molar-refractivity contribution >= 4 is 11.9 Å². The van der Waals surface area contributed by atoms with E-state index in [1.807, 2.05) is 31.2 Å². The van der Waals surface area contributed by atoms with E-state index < -0.39 is 29.2 Å². The summed E-state index contributed by atoms with van der Waals surface area (Å²) >= 11 is 0. The molecule has 4 nitrogen and oxygen atoms in total. The Morgan fingerprint density at radius 1 is 0.960 bits per heavy atom. The number of carbonyl (C=O) groups excluding carboxylic acids is 2. The largest absolute Gasteiger partial charge is 0.393 e. The first-order valence-electron chi connectivity index (χ1n) is 8.59. The van der Waals surface area contributed by atoms with Gasteiger partial charge < -0.3 is 9.47 Å². The van der Waals surface area contributed by atoms with Crippen molar-refractivity contribution in [1.82, 2.24) is 0 Å². The van der Waals surface area contributed by atoms with E-state index in [0.717, 1.165) is 22.3 Å². The lowest BCUT2D eigenvalue weighted by Crippen LogP contribution is -2.58. The predicted octanol–water partition coefficient (Wildman–Crippen LogP) is 2.78. The summed E-state index contributed by atoms with van der Waals surface area (Å²) in [7, 11) is 1.66. The summed E-state index contributed by atoms with van der Waals surface area (Å²) in [6.07, 6.45) is -0.276. The van der Waals surface area contributed by atoms with E-state index in [0.29, 0.717) is 0 Å². The molecule has 2 bridgehead atoms. The number of rotatable bonds is 2. The van der Waals surface area contributed by atoms with Crippen LogP contribution in [0.15, 0.2) is 48.5 Å². The molecule has 3 atom stereocenters. The maximum absolute atomic E-state index is 12.8. The van der Waals surface area contributed by atoms with Crippen LogP contribution in [0.3, 0.4) is 0 Å². The fourth-order valence-corrected chi connectivity index (χ4v) is 5.51. The van der Waals surface area contributed by atoms with E-state index in [1.54, 1.807) is 7.11 Å². The molecule has 1 aliphatic heterocycles. The smallest absolute Gasteiger partial charge is 0.318 e. The van der Waals surface area contributed by atoms with Crippen molar-refractivity contribution in [2.45, 2.75) is 24.4 Å². The van der Waals surface area contributed by atoms with Crippen LogP contribution in [0.5, 0.6) is 0 Å². The molecule has 1 unspecified atom stereocenters. The zero-order valence-corrected chi connectivity index (χ0v) is 14.1. The summed E-state index contributed by atoms with van der Waals surface area (Å²) in [5.41, 5.74) is 3.68. The minimum Gasteiger partial charge on any atom is -0.393 e. The van der Waals surface area contributed by atoms with Crippen LogP contribution in [-0.2, 0) is 24.5 Å². The molecule has 0 radical (unpaired) electrons. The first-order valence-corrected chi connectivity index (χ1v) is 8.59. The average Bonchev–Trinajstić information content (AvgIpc) is 2.96.